The molecule has 15 heavy (non-hydrogen) atoms. The van der Waals surface area contributed by atoms with Crippen molar-refractivity contribution in [2.24, 2.45) is 11.7 Å². The van der Waals surface area contributed by atoms with Gasteiger partial charge in [0.15, 0.2) is 0 Å². The lowest BCUT2D eigenvalue weighted by atomic mass is 9.94. The number of hydrogen-bond acceptors (Lipinski definition) is 1. The Morgan fingerprint density at radius 1 is 1.07 bits per heavy atom. The van der Waals surface area contributed by atoms with Crippen molar-refractivity contribution in [1.82, 2.24) is 0 Å². The van der Waals surface area contributed by atoms with Crippen molar-refractivity contribution in [3.63, 3.8) is 0 Å². The standard InChI is InChI=1S/C14H23N/c1-4-13-5-7-14(8-6-13)10-11(2)9-12(3)15/h5-8,11-12H,4,9-10,15H2,1-3H3. The predicted molar refractivity (Wildman–Crippen MR) is 67.0 cm³/mol. The first kappa shape index (κ1) is 12.3. The fourth-order valence-corrected chi connectivity index (χ4v) is 2.03. The molecular weight excluding hydrogens is 182 g/mol. The summed E-state index contributed by atoms with van der Waals surface area (Å²) >= 11 is 0. The molecule has 0 radical (unpaired) electrons. The van der Waals surface area contributed by atoms with Crippen molar-refractivity contribution < 1.29 is 0 Å². The van der Waals surface area contributed by atoms with Gasteiger partial charge in [0, 0.05) is 6.04 Å². The third-order valence-corrected chi connectivity index (χ3v) is 2.79. The summed E-state index contributed by atoms with van der Waals surface area (Å²) in [5, 5.41) is 0. The molecule has 2 N–H and O–H groups in total. The quantitative estimate of drug-likeness (QED) is 0.785. The van der Waals surface area contributed by atoms with Crippen molar-refractivity contribution in [2.45, 2.75) is 46.1 Å². The maximum Gasteiger partial charge on any atom is 0.00131 e. The van der Waals surface area contributed by atoms with Crippen LogP contribution in [0.3, 0.4) is 0 Å². The highest BCUT2D eigenvalue weighted by Gasteiger charge is 2.06. The zero-order valence-electron chi connectivity index (χ0n) is 10.2. The zero-order chi connectivity index (χ0) is 11.3. The highest BCUT2D eigenvalue weighted by molar-refractivity contribution is 5.22. The van der Waals surface area contributed by atoms with Crippen LogP contribution in [0.2, 0.25) is 0 Å². The van der Waals surface area contributed by atoms with Gasteiger partial charge in [0.2, 0.25) is 0 Å². The fourth-order valence-electron chi connectivity index (χ4n) is 2.03. The van der Waals surface area contributed by atoms with Crippen molar-refractivity contribution in [3.05, 3.63) is 35.4 Å². The molecule has 0 amide bonds. The Balaban J connectivity index is 2.49. The van der Waals surface area contributed by atoms with Crippen molar-refractivity contribution >= 4 is 0 Å². The minimum Gasteiger partial charge on any atom is -0.328 e. The molecule has 1 aromatic carbocycles. The van der Waals surface area contributed by atoms with Crippen molar-refractivity contribution in [2.75, 3.05) is 0 Å². The molecule has 0 saturated carbocycles. The van der Waals surface area contributed by atoms with Crippen LogP contribution in [0.15, 0.2) is 24.3 Å². The van der Waals surface area contributed by atoms with E-state index in [4.69, 9.17) is 5.73 Å². The molecular formula is C14H23N. The summed E-state index contributed by atoms with van der Waals surface area (Å²) in [6, 6.07) is 9.27. The first-order valence-corrected chi connectivity index (χ1v) is 5.95. The lowest BCUT2D eigenvalue weighted by Gasteiger charge is -2.14. The van der Waals surface area contributed by atoms with Crippen LogP contribution in [0.25, 0.3) is 0 Å². The molecule has 0 fully saturated rings. The molecule has 0 heterocycles. The Morgan fingerprint density at radius 2 is 1.60 bits per heavy atom. The molecule has 0 aliphatic carbocycles. The van der Waals surface area contributed by atoms with Gasteiger partial charge in [-0.25, -0.2) is 0 Å². The smallest absolute Gasteiger partial charge is 0.00131 e. The fraction of sp³-hybridized carbons (Fsp3) is 0.571. The van der Waals surface area contributed by atoms with Crippen LogP contribution in [0.5, 0.6) is 0 Å². The maximum absolute atomic E-state index is 5.79. The van der Waals surface area contributed by atoms with E-state index in [2.05, 4.69) is 45.0 Å². The first-order chi connectivity index (χ1) is 7.11. The van der Waals surface area contributed by atoms with Crippen LogP contribution in [0.4, 0.5) is 0 Å². The van der Waals surface area contributed by atoms with Crippen LogP contribution in [0, 0.1) is 5.92 Å². The molecule has 1 rings (SSSR count). The van der Waals surface area contributed by atoms with Crippen LogP contribution in [-0.4, -0.2) is 6.04 Å². The first-order valence-electron chi connectivity index (χ1n) is 5.95. The molecule has 0 spiro atoms. The Hall–Kier alpha value is -0.820. The molecule has 0 saturated heterocycles. The molecule has 0 aliphatic heterocycles. The van der Waals surface area contributed by atoms with Crippen LogP contribution in [0.1, 0.15) is 38.3 Å². The van der Waals surface area contributed by atoms with E-state index in [0.717, 1.165) is 19.3 Å². The van der Waals surface area contributed by atoms with E-state index in [1.165, 1.54) is 11.1 Å². The average molecular weight is 205 g/mol. The number of aryl methyl sites for hydroxylation is 1. The van der Waals surface area contributed by atoms with Gasteiger partial charge in [-0.05, 0) is 43.2 Å². The molecule has 0 bridgehead atoms. The highest BCUT2D eigenvalue weighted by atomic mass is 14.6. The van der Waals surface area contributed by atoms with Crippen LogP contribution >= 0.6 is 0 Å². The average Bonchev–Trinajstić information content (AvgIpc) is 2.17. The van der Waals surface area contributed by atoms with E-state index >= 15 is 0 Å². The number of rotatable bonds is 5. The van der Waals surface area contributed by atoms with Gasteiger partial charge in [-0.3, -0.25) is 0 Å². The molecule has 0 aliphatic rings. The summed E-state index contributed by atoms with van der Waals surface area (Å²) in [5.74, 6) is 0.678. The van der Waals surface area contributed by atoms with Gasteiger partial charge in [-0.15, -0.1) is 0 Å². The SMILES string of the molecule is CCc1ccc(CC(C)CC(C)N)cc1. The van der Waals surface area contributed by atoms with Gasteiger partial charge >= 0.3 is 0 Å². The summed E-state index contributed by atoms with van der Waals surface area (Å²) in [4.78, 5) is 0. The van der Waals surface area contributed by atoms with Crippen molar-refractivity contribution in [3.8, 4) is 0 Å². The Labute approximate surface area is 93.7 Å². The number of nitrogens with two attached hydrogens (primary N) is 1. The van der Waals surface area contributed by atoms with Gasteiger partial charge in [-0.1, -0.05) is 38.1 Å². The summed E-state index contributed by atoms with van der Waals surface area (Å²) in [6.45, 7) is 6.54. The minimum atomic E-state index is 0.315. The predicted octanol–water partition coefficient (Wildman–Crippen LogP) is 3.16. The maximum atomic E-state index is 5.79. The van der Waals surface area contributed by atoms with Crippen LogP contribution < -0.4 is 5.73 Å². The molecule has 84 valence electrons. The molecule has 2 atom stereocenters. The van der Waals surface area contributed by atoms with Crippen LogP contribution in [-0.2, 0) is 12.8 Å². The minimum absolute atomic E-state index is 0.315. The molecule has 1 nitrogen and oxygen atoms in total. The lowest BCUT2D eigenvalue weighted by Crippen LogP contribution is -2.19. The van der Waals surface area contributed by atoms with E-state index in [9.17, 15) is 0 Å². The number of hydrogen-bond donors (Lipinski definition) is 1. The zero-order valence-corrected chi connectivity index (χ0v) is 10.2. The van der Waals surface area contributed by atoms with E-state index < -0.39 is 0 Å². The van der Waals surface area contributed by atoms with Gasteiger partial charge in [0.25, 0.3) is 0 Å². The highest BCUT2D eigenvalue weighted by Crippen LogP contribution is 2.14. The molecule has 2 unspecified atom stereocenters. The van der Waals surface area contributed by atoms with E-state index in [1.807, 2.05) is 0 Å². The van der Waals surface area contributed by atoms with Crippen molar-refractivity contribution in [1.29, 1.82) is 0 Å². The lowest BCUT2D eigenvalue weighted by molar-refractivity contribution is 0.480. The Kier molecular flexibility index (Phi) is 4.83. The number of benzene rings is 1. The molecule has 0 aromatic heterocycles. The van der Waals surface area contributed by atoms with E-state index in [0.29, 0.717) is 12.0 Å². The molecule has 1 heteroatoms. The summed E-state index contributed by atoms with van der Waals surface area (Å²) in [5.41, 5.74) is 8.64. The summed E-state index contributed by atoms with van der Waals surface area (Å²) in [7, 11) is 0. The third kappa shape index (κ3) is 4.48. The second-order valence-electron chi connectivity index (χ2n) is 4.69. The summed E-state index contributed by atoms with van der Waals surface area (Å²) < 4.78 is 0. The van der Waals surface area contributed by atoms with E-state index in [-0.39, 0.29) is 0 Å². The van der Waals surface area contributed by atoms with Gasteiger partial charge in [-0.2, -0.15) is 0 Å². The second kappa shape index (κ2) is 5.92. The Bertz CT molecular complexity index is 274. The molecule has 1 aromatic rings. The van der Waals surface area contributed by atoms with Gasteiger partial charge in [0.1, 0.15) is 0 Å². The third-order valence-electron chi connectivity index (χ3n) is 2.79. The van der Waals surface area contributed by atoms with E-state index in [1.54, 1.807) is 0 Å². The summed E-state index contributed by atoms with van der Waals surface area (Å²) in [6.07, 6.45) is 3.37. The topological polar surface area (TPSA) is 26.0 Å². The van der Waals surface area contributed by atoms with Gasteiger partial charge in [0.05, 0.1) is 0 Å². The largest absolute Gasteiger partial charge is 0.328 e. The normalized spacial score (nSPS) is 14.9. The monoisotopic (exact) mass is 205 g/mol. The second-order valence-corrected chi connectivity index (χ2v) is 4.69. The van der Waals surface area contributed by atoms with Gasteiger partial charge < -0.3 is 5.73 Å². The Morgan fingerprint density at radius 3 is 2.07 bits per heavy atom.